The summed E-state index contributed by atoms with van der Waals surface area (Å²) in [6, 6.07) is 5.64. The zero-order chi connectivity index (χ0) is 20.2. The van der Waals surface area contributed by atoms with Crippen LogP contribution in [0, 0.1) is 17.3 Å². The molecule has 2 atom stereocenters. The fraction of sp³-hybridized carbons (Fsp3) is 0.545. The molecule has 0 spiro atoms. The molecule has 5 nitrogen and oxygen atoms in total. The Morgan fingerprint density at radius 1 is 1.21 bits per heavy atom. The van der Waals surface area contributed by atoms with E-state index in [0.29, 0.717) is 17.0 Å². The molecule has 4 aliphatic carbocycles. The van der Waals surface area contributed by atoms with Gasteiger partial charge >= 0.3 is 0 Å². The Morgan fingerprint density at radius 2 is 1.97 bits per heavy atom. The first-order valence-electron chi connectivity index (χ1n) is 10.1. The maximum absolute atomic E-state index is 13.4. The van der Waals surface area contributed by atoms with Crippen LogP contribution in [-0.2, 0) is 4.79 Å². The van der Waals surface area contributed by atoms with Crippen molar-refractivity contribution < 1.29 is 14.3 Å². The standard InChI is InChI=1S/C22H25BrN2O3S/c1-27-15-3-4-18(28-2)16(6-15)17-11-29-20(24-17)25-19(26)21-7-13-5-14(8-21)10-22(23,9-13)12-21/h3-4,6,11,13-14H,5,7-10,12H2,1-2H3,(H,24,25,26). The lowest BCUT2D eigenvalue weighted by Crippen LogP contribution is -2.57. The largest absolute Gasteiger partial charge is 0.497 e. The lowest BCUT2D eigenvalue weighted by Gasteiger charge is -2.59. The van der Waals surface area contributed by atoms with Crippen molar-refractivity contribution in [2.45, 2.75) is 42.8 Å². The molecule has 4 fully saturated rings. The molecular weight excluding hydrogens is 452 g/mol. The van der Waals surface area contributed by atoms with Crippen LogP contribution in [0.25, 0.3) is 11.3 Å². The third-order valence-electron chi connectivity index (χ3n) is 6.88. The normalized spacial score (nSPS) is 32.2. The van der Waals surface area contributed by atoms with E-state index in [1.54, 1.807) is 14.2 Å². The minimum atomic E-state index is -0.243. The molecule has 6 rings (SSSR count). The second-order valence-corrected chi connectivity index (χ2v) is 11.5. The number of anilines is 1. The van der Waals surface area contributed by atoms with E-state index >= 15 is 0 Å². The molecule has 0 radical (unpaired) electrons. The second kappa shape index (κ2) is 6.98. The minimum Gasteiger partial charge on any atom is -0.497 e. The number of ether oxygens (including phenoxy) is 2. The first-order chi connectivity index (χ1) is 13.9. The van der Waals surface area contributed by atoms with Crippen LogP contribution in [0.1, 0.15) is 38.5 Å². The van der Waals surface area contributed by atoms with Gasteiger partial charge in [-0.25, -0.2) is 4.98 Å². The third-order valence-corrected chi connectivity index (χ3v) is 8.56. The average molecular weight is 477 g/mol. The van der Waals surface area contributed by atoms with E-state index in [2.05, 4.69) is 26.2 Å². The number of methoxy groups -OCH3 is 2. The maximum atomic E-state index is 13.4. The van der Waals surface area contributed by atoms with E-state index in [-0.39, 0.29) is 15.6 Å². The number of hydrogen-bond acceptors (Lipinski definition) is 5. The van der Waals surface area contributed by atoms with Gasteiger partial charge in [0.25, 0.3) is 0 Å². The molecule has 1 amide bonds. The Kier molecular flexibility index (Phi) is 4.66. The predicted octanol–water partition coefficient (Wildman–Crippen LogP) is 5.50. The Balaban J connectivity index is 1.38. The van der Waals surface area contributed by atoms with Crippen molar-refractivity contribution in [3.63, 3.8) is 0 Å². The molecule has 4 aliphatic rings. The van der Waals surface area contributed by atoms with Gasteiger partial charge < -0.3 is 14.8 Å². The van der Waals surface area contributed by atoms with Gasteiger partial charge in [-0.2, -0.15) is 0 Å². The molecule has 0 saturated heterocycles. The molecule has 29 heavy (non-hydrogen) atoms. The summed E-state index contributed by atoms with van der Waals surface area (Å²) in [5, 5.41) is 5.75. The van der Waals surface area contributed by atoms with Crippen LogP contribution in [0.5, 0.6) is 11.5 Å². The van der Waals surface area contributed by atoms with Crippen LogP contribution < -0.4 is 14.8 Å². The fourth-order valence-corrected chi connectivity index (χ4v) is 8.27. The Hall–Kier alpha value is -1.60. The van der Waals surface area contributed by atoms with Crippen LogP contribution in [-0.4, -0.2) is 29.4 Å². The lowest BCUT2D eigenvalue weighted by atomic mass is 9.49. The second-order valence-electron chi connectivity index (χ2n) is 8.95. The Labute approximate surface area is 183 Å². The average Bonchev–Trinajstić information content (AvgIpc) is 3.14. The monoisotopic (exact) mass is 476 g/mol. The SMILES string of the molecule is COc1ccc(OC)c(-c2csc(NC(=O)C34CC5CC(CC(Br)(C5)C3)C4)n2)c1. The molecule has 1 aromatic carbocycles. The molecule has 7 heteroatoms. The van der Waals surface area contributed by atoms with Gasteiger partial charge in [0.15, 0.2) is 5.13 Å². The fourth-order valence-electron chi connectivity index (χ4n) is 6.12. The van der Waals surface area contributed by atoms with Crippen molar-refractivity contribution in [1.29, 1.82) is 0 Å². The summed E-state index contributed by atoms with van der Waals surface area (Å²) in [6.07, 6.45) is 6.71. The highest BCUT2D eigenvalue weighted by Crippen LogP contribution is 2.64. The van der Waals surface area contributed by atoms with Crippen LogP contribution in [0.15, 0.2) is 23.6 Å². The molecule has 2 aromatic rings. The number of halogens is 1. The molecule has 1 N–H and O–H groups in total. The van der Waals surface area contributed by atoms with E-state index in [1.807, 2.05) is 23.6 Å². The van der Waals surface area contributed by atoms with Crippen LogP contribution in [0.4, 0.5) is 5.13 Å². The van der Waals surface area contributed by atoms with Gasteiger partial charge in [-0.1, -0.05) is 15.9 Å². The van der Waals surface area contributed by atoms with E-state index in [1.165, 1.54) is 30.6 Å². The zero-order valence-electron chi connectivity index (χ0n) is 16.7. The highest BCUT2D eigenvalue weighted by Gasteiger charge is 2.59. The van der Waals surface area contributed by atoms with Crippen molar-refractivity contribution in [3.8, 4) is 22.8 Å². The number of carbonyl (C=O) groups is 1. The number of hydrogen-bond donors (Lipinski definition) is 1. The van der Waals surface area contributed by atoms with Gasteiger partial charge in [0, 0.05) is 15.3 Å². The summed E-state index contributed by atoms with van der Waals surface area (Å²) >= 11 is 5.45. The van der Waals surface area contributed by atoms with Crippen molar-refractivity contribution in [3.05, 3.63) is 23.6 Å². The molecule has 0 aliphatic heterocycles. The summed E-state index contributed by atoms with van der Waals surface area (Å²) in [6.45, 7) is 0. The first kappa shape index (κ1) is 19.4. The Morgan fingerprint density at radius 3 is 2.62 bits per heavy atom. The van der Waals surface area contributed by atoms with Gasteiger partial charge in [0.2, 0.25) is 5.91 Å². The van der Waals surface area contributed by atoms with Crippen molar-refractivity contribution in [2.24, 2.45) is 17.3 Å². The number of nitrogens with one attached hydrogen (secondary N) is 1. The van der Waals surface area contributed by atoms with Crippen molar-refractivity contribution in [2.75, 3.05) is 19.5 Å². The van der Waals surface area contributed by atoms with Crippen LogP contribution in [0.3, 0.4) is 0 Å². The van der Waals surface area contributed by atoms with Crippen molar-refractivity contribution in [1.82, 2.24) is 4.98 Å². The molecule has 1 heterocycles. The lowest BCUT2D eigenvalue weighted by molar-refractivity contribution is -0.138. The quantitative estimate of drug-likeness (QED) is 0.578. The van der Waals surface area contributed by atoms with E-state index < -0.39 is 0 Å². The number of thiazole rings is 1. The van der Waals surface area contributed by atoms with E-state index in [0.717, 1.165) is 42.0 Å². The van der Waals surface area contributed by atoms with Gasteiger partial charge in [0.1, 0.15) is 11.5 Å². The van der Waals surface area contributed by atoms with Crippen molar-refractivity contribution >= 4 is 38.3 Å². The zero-order valence-corrected chi connectivity index (χ0v) is 19.1. The molecular formula is C22H25BrN2O3S. The summed E-state index contributed by atoms with van der Waals surface area (Å²) in [7, 11) is 3.28. The summed E-state index contributed by atoms with van der Waals surface area (Å²) in [5.41, 5.74) is 1.40. The number of rotatable bonds is 5. The van der Waals surface area contributed by atoms with Crippen LogP contribution >= 0.6 is 27.3 Å². The summed E-state index contributed by atoms with van der Waals surface area (Å²) in [4.78, 5) is 18.1. The Bertz CT molecular complexity index is 945. The minimum absolute atomic E-state index is 0.147. The number of alkyl halides is 1. The first-order valence-corrected chi connectivity index (χ1v) is 11.8. The van der Waals surface area contributed by atoms with Gasteiger partial charge in [-0.3, -0.25) is 4.79 Å². The van der Waals surface area contributed by atoms with E-state index in [9.17, 15) is 4.79 Å². The van der Waals surface area contributed by atoms with Gasteiger partial charge in [-0.15, -0.1) is 11.3 Å². The smallest absolute Gasteiger partial charge is 0.232 e. The number of nitrogens with zero attached hydrogens (tertiary/aromatic N) is 1. The predicted molar refractivity (Wildman–Crippen MR) is 118 cm³/mol. The van der Waals surface area contributed by atoms with Crippen LogP contribution in [0.2, 0.25) is 0 Å². The molecule has 2 unspecified atom stereocenters. The highest BCUT2D eigenvalue weighted by atomic mass is 79.9. The molecule has 1 aromatic heterocycles. The number of amides is 1. The van der Waals surface area contributed by atoms with E-state index in [4.69, 9.17) is 9.47 Å². The number of benzene rings is 1. The molecule has 154 valence electrons. The van der Waals surface area contributed by atoms with Gasteiger partial charge in [-0.05, 0) is 68.6 Å². The molecule has 4 bridgehead atoms. The topological polar surface area (TPSA) is 60.5 Å². The summed E-state index contributed by atoms with van der Waals surface area (Å²) in [5.74, 6) is 2.98. The number of aromatic nitrogens is 1. The maximum Gasteiger partial charge on any atom is 0.232 e. The number of carbonyl (C=O) groups excluding carboxylic acids is 1. The molecule has 4 saturated carbocycles. The highest BCUT2D eigenvalue weighted by molar-refractivity contribution is 9.10. The van der Waals surface area contributed by atoms with Gasteiger partial charge in [0.05, 0.1) is 25.3 Å². The summed E-state index contributed by atoms with van der Waals surface area (Å²) < 4.78 is 11.0. The third kappa shape index (κ3) is 3.36.